The van der Waals surface area contributed by atoms with Gasteiger partial charge in [0.1, 0.15) is 11.6 Å². The normalized spacial score (nSPS) is 15.0. The van der Waals surface area contributed by atoms with Gasteiger partial charge < -0.3 is 15.0 Å². The minimum Gasteiger partial charge on any atom is -0.497 e. The number of carbonyl (C=O) groups is 1. The van der Waals surface area contributed by atoms with Crippen LogP contribution in [0, 0.1) is 0 Å². The number of nitrogens with zero attached hydrogens (tertiary/aromatic N) is 4. The van der Waals surface area contributed by atoms with Gasteiger partial charge in [0.15, 0.2) is 5.65 Å². The van der Waals surface area contributed by atoms with Gasteiger partial charge in [-0.15, -0.1) is 10.2 Å². The van der Waals surface area contributed by atoms with Gasteiger partial charge in [-0.2, -0.15) is 0 Å². The molecular weight excluding hydrogens is 354 g/mol. The number of nitrogens with one attached hydrogen (secondary N) is 1. The van der Waals surface area contributed by atoms with Crippen LogP contribution in [0.5, 0.6) is 5.75 Å². The summed E-state index contributed by atoms with van der Waals surface area (Å²) in [5.41, 5.74) is 2.05. The van der Waals surface area contributed by atoms with Crippen LogP contribution >= 0.6 is 0 Å². The van der Waals surface area contributed by atoms with Crippen molar-refractivity contribution < 1.29 is 9.53 Å². The molecule has 1 N–H and O–H groups in total. The molecule has 2 amide bonds. The largest absolute Gasteiger partial charge is 0.497 e. The van der Waals surface area contributed by atoms with E-state index in [9.17, 15) is 4.79 Å². The van der Waals surface area contributed by atoms with E-state index in [1.165, 1.54) is 5.56 Å². The molecule has 146 valence electrons. The summed E-state index contributed by atoms with van der Waals surface area (Å²) in [4.78, 5) is 14.4. The fourth-order valence-corrected chi connectivity index (χ4v) is 3.70. The first-order chi connectivity index (χ1) is 13.7. The summed E-state index contributed by atoms with van der Waals surface area (Å²) in [6.45, 7) is 2.10. The Hall–Kier alpha value is -3.09. The number of carbonyl (C=O) groups excluding carboxylic acids is 1. The zero-order valence-electron chi connectivity index (χ0n) is 16.0. The molecule has 1 aromatic carbocycles. The Morgan fingerprint density at radius 3 is 2.68 bits per heavy atom. The van der Waals surface area contributed by atoms with Gasteiger partial charge in [-0.1, -0.05) is 18.2 Å². The lowest BCUT2D eigenvalue weighted by Crippen LogP contribution is -2.44. The number of fused-ring (bicyclic) bond motifs is 1. The summed E-state index contributed by atoms with van der Waals surface area (Å²) < 4.78 is 7.21. The maximum atomic E-state index is 12.5. The molecule has 1 aliphatic rings. The number of ether oxygens (including phenoxy) is 1. The average molecular weight is 379 g/mol. The van der Waals surface area contributed by atoms with E-state index in [-0.39, 0.29) is 6.03 Å². The molecule has 4 rings (SSSR count). The number of benzene rings is 1. The van der Waals surface area contributed by atoms with E-state index < -0.39 is 0 Å². The number of piperidine rings is 1. The minimum atomic E-state index is 0.0121. The van der Waals surface area contributed by atoms with Crippen molar-refractivity contribution in [2.75, 3.05) is 26.7 Å². The molecule has 1 aliphatic heterocycles. The van der Waals surface area contributed by atoms with Crippen LogP contribution < -0.4 is 10.1 Å². The number of amides is 2. The molecule has 1 saturated heterocycles. The summed E-state index contributed by atoms with van der Waals surface area (Å²) >= 11 is 0. The first-order valence-corrected chi connectivity index (χ1v) is 9.70. The Morgan fingerprint density at radius 1 is 1.14 bits per heavy atom. The van der Waals surface area contributed by atoms with E-state index in [0.29, 0.717) is 12.5 Å². The van der Waals surface area contributed by atoms with E-state index in [1.807, 2.05) is 53.6 Å². The molecule has 0 bridgehead atoms. The number of pyridine rings is 1. The molecule has 2 aromatic heterocycles. The molecule has 3 heterocycles. The molecule has 3 aromatic rings. The minimum absolute atomic E-state index is 0.0121. The highest BCUT2D eigenvalue weighted by atomic mass is 16.5. The maximum Gasteiger partial charge on any atom is 0.317 e. The molecular formula is C21H25N5O2. The number of aromatic nitrogens is 3. The highest BCUT2D eigenvalue weighted by Crippen LogP contribution is 2.27. The monoisotopic (exact) mass is 379 g/mol. The summed E-state index contributed by atoms with van der Waals surface area (Å²) in [5, 5.41) is 11.6. The number of methoxy groups -OCH3 is 1. The van der Waals surface area contributed by atoms with Gasteiger partial charge in [0.25, 0.3) is 0 Å². The number of likely N-dealkylation sites (tertiary alicyclic amines) is 1. The second kappa shape index (κ2) is 8.29. The van der Waals surface area contributed by atoms with Crippen LogP contribution in [-0.4, -0.2) is 52.3 Å². The van der Waals surface area contributed by atoms with Gasteiger partial charge in [0.05, 0.1) is 7.11 Å². The van der Waals surface area contributed by atoms with Crippen LogP contribution in [0.1, 0.15) is 30.1 Å². The van der Waals surface area contributed by atoms with Crippen molar-refractivity contribution in [3.05, 3.63) is 60.0 Å². The van der Waals surface area contributed by atoms with Crippen molar-refractivity contribution in [3.8, 4) is 5.75 Å². The lowest BCUT2D eigenvalue weighted by molar-refractivity contribution is 0.180. The van der Waals surface area contributed by atoms with E-state index >= 15 is 0 Å². The quantitative estimate of drug-likeness (QED) is 0.740. The predicted molar refractivity (Wildman–Crippen MR) is 107 cm³/mol. The molecule has 1 fully saturated rings. The summed E-state index contributed by atoms with van der Waals surface area (Å²) in [5.74, 6) is 2.17. The fraction of sp³-hybridized carbons (Fsp3) is 0.381. The lowest BCUT2D eigenvalue weighted by atomic mass is 9.96. The van der Waals surface area contributed by atoms with Crippen molar-refractivity contribution in [1.29, 1.82) is 0 Å². The van der Waals surface area contributed by atoms with Gasteiger partial charge in [0.2, 0.25) is 0 Å². The van der Waals surface area contributed by atoms with Gasteiger partial charge in [-0.05, 0) is 49.1 Å². The van der Waals surface area contributed by atoms with E-state index in [4.69, 9.17) is 4.74 Å². The van der Waals surface area contributed by atoms with E-state index in [1.54, 1.807) is 7.11 Å². The SMILES string of the molecule is COc1ccc(CCNC(=O)N2CCC(c3nnc4ccccn34)CC2)cc1. The van der Waals surface area contributed by atoms with Crippen LogP contribution in [-0.2, 0) is 6.42 Å². The van der Waals surface area contributed by atoms with Crippen LogP contribution in [0.4, 0.5) is 4.79 Å². The summed E-state index contributed by atoms with van der Waals surface area (Å²) in [6, 6.07) is 13.9. The highest BCUT2D eigenvalue weighted by molar-refractivity contribution is 5.74. The molecule has 0 spiro atoms. The number of urea groups is 1. The average Bonchev–Trinajstić information content (AvgIpc) is 3.18. The molecule has 7 nitrogen and oxygen atoms in total. The van der Waals surface area contributed by atoms with Crippen LogP contribution in [0.2, 0.25) is 0 Å². The van der Waals surface area contributed by atoms with Crippen molar-refractivity contribution in [2.45, 2.75) is 25.2 Å². The molecule has 0 aliphatic carbocycles. The second-order valence-corrected chi connectivity index (χ2v) is 7.08. The molecule has 0 atom stereocenters. The summed E-state index contributed by atoms with van der Waals surface area (Å²) in [6.07, 6.45) is 4.62. The van der Waals surface area contributed by atoms with Crippen molar-refractivity contribution >= 4 is 11.7 Å². The first kappa shape index (κ1) is 18.3. The van der Waals surface area contributed by atoms with Crippen molar-refractivity contribution in [1.82, 2.24) is 24.8 Å². The fourth-order valence-electron chi connectivity index (χ4n) is 3.70. The Morgan fingerprint density at radius 2 is 1.93 bits per heavy atom. The van der Waals surface area contributed by atoms with Gasteiger partial charge in [-0.3, -0.25) is 4.40 Å². The van der Waals surface area contributed by atoms with Gasteiger partial charge in [0, 0.05) is 31.7 Å². The zero-order chi connectivity index (χ0) is 19.3. The predicted octanol–water partition coefficient (Wildman–Crippen LogP) is 2.87. The highest BCUT2D eigenvalue weighted by Gasteiger charge is 2.26. The van der Waals surface area contributed by atoms with Gasteiger partial charge >= 0.3 is 6.03 Å². The Balaban J connectivity index is 1.25. The third kappa shape index (κ3) is 3.93. The Labute approximate surface area is 164 Å². The van der Waals surface area contributed by atoms with E-state index in [0.717, 1.165) is 49.6 Å². The third-order valence-electron chi connectivity index (χ3n) is 5.34. The molecule has 0 unspecified atom stereocenters. The van der Waals surface area contributed by atoms with Crippen molar-refractivity contribution in [3.63, 3.8) is 0 Å². The topological polar surface area (TPSA) is 71.8 Å². The number of hydrogen-bond donors (Lipinski definition) is 1. The molecule has 0 radical (unpaired) electrons. The Bertz CT molecular complexity index is 929. The Kier molecular flexibility index (Phi) is 5.41. The number of rotatable bonds is 5. The number of hydrogen-bond acceptors (Lipinski definition) is 4. The first-order valence-electron chi connectivity index (χ1n) is 9.70. The standard InChI is InChI=1S/C21H25N5O2/c1-28-18-7-5-16(6-8-18)9-12-22-21(27)25-14-10-17(11-15-25)20-24-23-19-4-2-3-13-26(19)20/h2-8,13,17H,9-12,14-15H2,1H3,(H,22,27). The van der Waals surface area contributed by atoms with E-state index in [2.05, 4.69) is 19.9 Å². The molecule has 0 saturated carbocycles. The maximum absolute atomic E-state index is 12.5. The zero-order valence-corrected chi connectivity index (χ0v) is 16.0. The lowest BCUT2D eigenvalue weighted by Gasteiger charge is -2.31. The second-order valence-electron chi connectivity index (χ2n) is 7.08. The molecule has 7 heteroatoms. The van der Waals surface area contributed by atoms with Crippen molar-refractivity contribution in [2.24, 2.45) is 0 Å². The van der Waals surface area contributed by atoms with Gasteiger partial charge in [-0.25, -0.2) is 4.79 Å². The summed E-state index contributed by atoms with van der Waals surface area (Å²) in [7, 11) is 1.66. The van der Waals surface area contributed by atoms with Crippen LogP contribution in [0.15, 0.2) is 48.7 Å². The smallest absolute Gasteiger partial charge is 0.317 e. The third-order valence-corrected chi connectivity index (χ3v) is 5.34. The van der Waals surface area contributed by atoms with Crippen LogP contribution in [0.3, 0.4) is 0 Å². The van der Waals surface area contributed by atoms with Crippen LogP contribution in [0.25, 0.3) is 5.65 Å². The molecule has 28 heavy (non-hydrogen) atoms.